The van der Waals surface area contributed by atoms with Crippen molar-refractivity contribution in [1.82, 2.24) is 15.1 Å². The van der Waals surface area contributed by atoms with E-state index < -0.39 is 5.97 Å². The molecule has 19 heavy (non-hydrogen) atoms. The second-order valence-electron chi connectivity index (χ2n) is 5.41. The van der Waals surface area contributed by atoms with Crippen molar-refractivity contribution in [3.05, 3.63) is 0 Å². The van der Waals surface area contributed by atoms with E-state index in [-0.39, 0.29) is 11.9 Å². The third kappa shape index (κ3) is 5.06. The Balaban J connectivity index is 2.23. The van der Waals surface area contributed by atoms with Gasteiger partial charge in [-0.25, -0.2) is 4.79 Å². The molecule has 1 aliphatic rings. The lowest BCUT2D eigenvalue weighted by Crippen LogP contribution is -2.47. The minimum atomic E-state index is -0.751. The number of likely N-dealkylation sites (N-methyl/N-ethyl adjacent to an activating group) is 1. The Kier molecular flexibility index (Phi) is 6.08. The number of carbonyl (C=O) groups excluding carboxylic acids is 1. The first kappa shape index (κ1) is 15.8. The minimum Gasteiger partial charge on any atom is -0.481 e. The van der Waals surface area contributed by atoms with Crippen LogP contribution in [0.4, 0.5) is 4.79 Å². The highest BCUT2D eigenvalue weighted by atomic mass is 16.4. The lowest BCUT2D eigenvalue weighted by molar-refractivity contribution is -0.143. The number of amides is 2. The zero-order valence-corrected chi connectivity index (χ0v) is 12.1. The van der Waals surface area contributed by atoms with Crippen molar-refractivity contribution in [2.75, 3.05) is 33.2 Å². The molecular formula is C13H25N3O3. The maximum absolute atomic E-state index is 11.9. The van der Waals surface area contributed by atoms with Gasteiger partial charge in [-0.15, -0.1) is 0 Å². The summed E-state index contributed by atoms with van der Waals surface area (Å²) >= 11 is 0. The monoisotopic (exact) mass is 271 g/mol. The molecule has 0 radical (unpaired) electrons. The zero-order valence-electron chi connectivity index (χ0n) is 12.1. The number of hydrogen-bond donors (Lipinski definition) is 2. The third-order valence-electron chi connectivity index (χ3n) is 3.75. The van der Waals surface area contributed by atoms with Gasteiger partial charge in [0.1, 0.15) is 0 Å². The molecule has 0 aromatic heterocycles. The van der Waals surface area contributed by atoms with Crippen LogP contribution in [0.1, 0.15) is 26.7 Å². The van der Waals surface area contributed by atoms with E-state index in [0.717, 1.165) is 6.54 Å². The maximum atomic E-state index is 11.9. The normalized spacial score (nSPS) is 17.0. The fourth-order valence-corrected chi connectivity index (χ4v) is 2.04. The van der Waals surface area contributed by atoms with E-state index in [1.165, 1.54) is 0 Å². The van der Waals surface area contributed by atoms with Crippen molar-refractivity contribution in [3.8, 4) is 0 Å². The number of urea groups is 1. The van der Waals surface area contributed by atoms with Crippen molar-refractivity contribution in [2.45, 2.75) is 32.7 Å². The second-order valence-corrected chi connectivity index (χ2v) is 5.41. The van der Waals surface area contributed by atoms with Gasteiger partial charge in [0.25, 0.3) is 0 Å². The molecule has 6 nitrogen and oxygen atoms in total. The number of hydrogen-bond acceptors (Lipinski definition) is 3. The van der Waals surface area contributed by atoms with Gasteiger partial charge in [0.15, 0.2) is 0 Å². The molecule has 0 aromatic carbocycles. The molecule has 110 valence electrons. The summed E-state index contributed by atoms with van der Waals surface area (Å²) in [6, 6.07) is 0.379. The predicted molar refractivity (Wildman–Crippen MR) is 73.1 cm³/mol. The van der Waals surface area contributed by atoms with Crippen LogP contribution in [0.3, 0.4) is 0 Å². The average Bonchev–Trinajstić information content (AvgIpc) is 2.38. The molecular weight excluding hydrogens is 246 g/mol. The Labute approximate surface area is 114 Å². The molecule has 0 saturated carbocycles. The molecule has 1 saturated heterocycles. The topological polar surface area (TPSA) is 72.9 Å². The molecule has 0 bridgehead atoms. The summed E-state index contributed by atoms with van der Waals surface area (Å²) < 4.78 is 0. The summed E-state index contributed by atoms with van der Waals surface area (Å²) in [5.74, 6) is -1.05. The summed E-state index contributed by atoms with van der Waals surface area (Å²) in [5.41, 5.74) is 0. The second kappa shape index (κ2) is 7.33. The quantitative estimate of drug-likeness (QED) is 0.777. The van der Waals surface area contributed by atoms with Gasteiger partial charge in [-0.05, 0) is 33.7 Å². The van der Waals surface area contributed by atoms with Gasteiger partial charge >= 0.3 is 12.0 Å². The van der Waals surface area contributed by atoms with Crippen LogP contribution in [0, 0.1) is 5.92 Å². The summed E-state index contributed by atoms with van der Waals surface area (Å²) in [4.78, 5) is 26.6. The number of nitrogens with one attached hydrogen (secondary N) is 1. The van der Waals surface area contributed by atoms with Crippen molar-refractivity contribution >= 4 is 12.0 Å². The van der Waals surface area contributed by atoms with Crippen molar-refractivity contribution in [3.63, 3.8) is 0 Å². The van der Waals surface area contributed by atoms with Crippen LogP contribution in [0.25, 0.3) is 0 Å². The Hall–Kier alpha value is -1.30. The Bertz CT molecular complexity index is 312. The van der Waals surface area contributed by atoms with Gasteiger partial charge in [0, 0.05) is 32.2 Å². The number of aliphatic carboxylic acids is 1. The molecule has 0 aromatic rings. The lowest BCUT2D eigenvalue weighted by atomic mass is 9.97. The number of nitrogens with zero attached hydrogens (tertiary/aromatic N) is 2. The fraction of sp³-hybridized carbons (Fsp3) is 0.846. The number of piperidine rings is 1. The highest BCUT2D eigenvalue weighted by Crippen LogP contribution is 2.16. The number of rotatable bonds is 5. The van der Waals surface area contributed by atoms with Crippen molar-refractivity contribution in [2.24, 2.45) is 5.92 Å². The Morgan fingerprint density at radius 3 is 2.42 bits per heavy atom. The van der Waals surface area contributed by atoms with Crippen LogP contribution in [-0.4, -0.2) is 66.2 Å². The highest BCUT2D eigenvalue weighted by molar-refractivity contribution is 5.75. The van der Waals surface area contributed by atoms with E-state index >= 15 is 0 Å². The number of carbonyl (C=O) groups is 2. The lowest BCUT2D eigenvalue weighted by Gasteiger charge is -2.30. The molecule has 2 amide bonds. The average molecular weight is 271 g/mol. The van der Waals surface area contributed by atoms with Gasteiger partial charge in [-0.2, -0.15) is 0 Å². The summed E-state index contributed by atoms with van der Waals surface area (Å²) in [7, 11) is 2.02. The van der Waals surface area contributed by atoms with Gasteiger partial charge in [-0.1, -0.05) is 0 Å². The minimum absolute atomic E-state index is 0.0824. The van der Waals surface area contributed by atoms with Gasteiger partial charge in [-0.3, -0.25) is 4.79 Å². The smallest absolute Gasteiger partial charge is 0.317 e. The van der Waals surface area contributed by atoms with E-state index in [1.54, 1.807) is 4.90 Å². The molecule has 1 aliphatic heterocycles. The molecule has 2 N–H and O–H groups in total. The standard InChI is InChI=1S/C13H25N3O3/c1-10(2)15(3)9-6-14-13(19)16-7-4-11(5-8-16)12(17)18/h10-11H,4-9H2,1-3H3,(H,14,19)(H,17,18). The van der Waals surface area contributed by atoms with E-state index in [0.29, 0.717) is 38.5 Å². The third-order valence-corrected chi connectivity index (χ3v) is 3.75. The summed E-state index contributed by atoms with van der Waals surface area (Å²) in [5, 5.41) is 11.8. The van der Waals surface area contributed by atoms with E-state index in [9.17, 15) is 9.59 Å². The van der Waals surface area contributed by atoms with Crippen molar-refractivity contribution < 1.29 is 14.7 Å². The van der Waals surface area contributed by atoms with E-state index in [2.05, 4.69) is 24.1 Å². The summed E-state index contributed by atoms with van der Waals surface area (Å²) in [6.07, 6.45) is 1.10. The Morgan fingerprint density at radius 2 is 1.95 bits per heavy atom. The van der Waals surface area contributed by atoms with Crippen LogP contribution < -0.4 is 5.32 Å². The maximum Gasteiger partial charge on any atom is 0.317 e. The van der Waals surface area contributed by atoms with Crippen LogP contribution >= 0.6 is 0 Å². The number of carboxylic acids is 1. The van der Waals surface area contributed by atoms with Gasteiger partial charge < -0.3 is 20.2 Å². The molecule has 0 unspecified atom stereocenters. The molecule has 6 heteroatoms. The van der Waals surface area contributed by atoms with Gasteiger partial charge in [0.2, 0.25) is 0 Å². The number of carboxylic acid groups (broad SMARTS) is 1. The molecule has 0 aliphatic carbocycles. The highest BCUT2D eigenvalue weighted by Gasteiger charge is 2.26. The Morgan fingerprint density at radius 1 is 1.37 bits per heavy atom. The fourth-order valence-electron chi connectivity index (χ4n) is 2.04. The largest absolute Gasteiger partial charge is 0.481 e. The molecule has 1 fully saturated rings. The molecule has 0 spiro atoms. The van der Waals surface area contributed by atoms with Crippen molar-refractivity contribution in [1.29, 1.82) is 0 Å². The predicted octanol–water partition coefficient (Wildman–Crippen LogP) is 0.833. The zero-order chi connectivity index (χ0) is 14.4. The first-order valence-electron chi connectivity index (χ1n) is 6.87. The van der Waals surface area contributed by atoms with Crippen LogP contribution in [0.15, 0.2) is 0 Å². The first-order chi connectivity index (χ1) is 8.91. The van der Waals surface area contributed by atoms with E-state index in [1.807, 2.05) is 7.05 Å². The molecule has 0 atom stereocenters. The SMILES string of the molecule is CC(C)N(C)CCNC(=O)N1CCC(C(=O)O)CC1. The summed E-state index contributed by atoms with van der Waals surface area (Å²) in [6.45, 7) is 6.71. The molecule has 1 heterocycles. The van der Waals surface area contributed by atoms with Crippen LogP contribution in [-0.2, 0) is 4.79 Å². The van der Waals surface area contributed by atoms with Gasteiger partial charge in [0.05, 0.1) is 5.92 Å². The van der Waals surface area contributed by atoms with Crippen LogP contribution in [0.2, 0.25) is 0 Å². The number of likely N-dealkylation sites (tertiary alicyclic amines) is 1. The van der Waals surface area contributed by atoms with E-state index in [4.69, 9.17) is 5.11 Å². The van der Waals surface area contributed by atoms with Crippen LogP contribution in [0.5, 0.6) is 0 Å². The molecule has 1 rings (SSSR count). The first-order valence-corrected chi connectivity index (χ1v) is 6.87.